The molecule has 4 aromatic rings. The molecule has 0 atom stereocenters. The fraction of sp³-hybridized carbons (Fsp3) is 0.240. The van der Waals surface area contributed by atoms with E-state index < -0.39 is 5.41 Å². The van der Waals surface area contributed by atoms with Gasteiger partial charge in [0.2, 0.25) is 5.91 Å². The summed E-state index contributed by atoms with van der Waals surface area (Å²) in [5.41, 5.74) is 4.26. The van der Waals surface area contributed by atoms with Crippen LogP contribution in [0.5, 0.6) is 0 Å². The molecule has 5 rings (SSSR count). The zero-order valence-corrected chi connectivity index (χ0v) is 18.8. The molecule has 1 N–H and O–H groups in total. The lowest BCUT2D eigenvalue weighted by Gasteiger charge is -2.29. The minimum atomic E-state index is -0.507. The van der Waals surface area contributed by atoms with Gasteiger partial charge >= 0.3 is 0 Å². The van der Waals surface area contributed by atoms with Crippen LogP contribution in [0, 0.1) is 6.92 Å². The van der Waals surface area contributed by atoms with E-state index in [0.717, 1.165) is 63.4 Å². The van der Waals surface area contributed by atoms with Crippen molar-refractivity contribution in [3.63, 3.8) is 0 Å². The smallest absolute Gasteiger partial charge is 0.235 e. The van der Waals surface area contributed by atoms with Crippen LogP contribution in [0.15, 0.2) is 60.8 Å². The topological polar surface area (TPSA) is 54.9 Å². The molecule has 0 spiro atoms. The van der Waals surface area contributed by atoms with Gasteiger partial charge in [-0.05, 0) is 61.2 Å². The van der Waals surface area contributed by atoms with Crippen molar-refractivity contribution in [3.05, 3.63) is 76.9 Å². The summed E-state index contributed by atoms with van der Waals surface area (Å²) in [5.74, 6) is 0.0542. The molecule has 1 aliphatic rings. The van der Waals surface area contributed by atoms with Gasteiger partial charge in [0, 0.05) is 22.5 Å². The second-order valence-electron chi connectivity index (χ2n) is 8.13. The fourth-order valence-electron chi connectivity index (χ4n) is 4.42. The number of halogens is 1. The number of anilines is 1. The standard InChI is InChI=1S/C25H22ClN3OS/c1-16-6-7-17(22-28-20-5-4-14-27-23(20)31-22)15-21(16)29-24(30)25(12-2-3-13-25)18-8-10-19(26)11-9-18/h4-11,14-15H,2-3,12-13H2,1H3,(H,29,30). The minimum absolute atomic E-state index is 0.0542. The molecular weight excluding hydrogens is 426 g/mol. The molecule has 31 heavy (non-hydrogen) atoms. The summed E-state index contributed by atoms with van der Waals surface area (Å²) in [4.78, 5) is 23.6. The van der Waals surface area contributed by atoms with E-state index in [1.807, 2.05) is 61.5 Å². The Bertz CT molecular complexity index is 1230. The first-order chi connectivity index (χ1) is 15.0. The SMILES string of the molecule is Cc1ccc(-c2nc3cccnc3s2)cc1NC(=O)C1(c2ccc(Cl)cc2)CCCC1. The van der Waals surface area contributed by atoms with Crippen LogP contribution in [0.25, 0.3) is 20.9 Å². The molecule has 1 aliphatic carbocycles. The van der Waals surface area contributed by atoms with E-state index >= 15 is 0 Å². The summed E-state index contributed by atoms with van der Waals surface area (Å²) in [7, 11) is 0. The van der Waals surface area contributed by atoms with Gasteiger partial charge in [0.15, 0.2) is 0 Å². The Labute approximate surface area is 190 Å². The molecule has 0 saturated heterocycles. The quantitative estimate of drug-likeness (QED) is 0.375. The van der Waals surface area contributed by atoms with Gasteiger partial charge in [-0.15, -0.1) is 0 Å². The van der Waals surface area contributed by atoms with E-state index in [1.54, 1.807) is 17.5 Å². The summed E-state index contributed by atoms with van der Waals surface area (Å²) < 4.78 is 0. The number of pyridine rings is 1. The Hall–Kier alpha value is -2.76. The van der Waals surface area contributed by atoms with E-state index in [0.29, 0.717) is 5.02 Å². The van der Waals surface area contributed by atoms with Crippen molar-refractivity contribution < 1.29 is 4.79 Å². The molecule has 6 heteroatoms. The van der Waals surface area contributed by atoms with Gasteiger partial charge in [-0.25, -0.2) is 9.97 Å². The first-order valence-corrected chi connectivity index (χ1v) is 11.6. The van der Waals surface area contributed by atoms with Crippen molar-refractivity contribution in [2.45, 2.75) is 38.0 Å². The zero-order valence-electron chi connectivity index (χ0n) is 17.2. The largest absolute Gasteiger partial charge is 0.325 e. The summed E-state index contributed by atoms with van der Waals surface area (Å²) in [6.07, 6.45) is 5.58. The summed E-state index contributed by atoms with van der Waals surface area (Å²) >= 11 is 7.65. The molecule has 2 heterocycles. The highest BCUT2D eigenvalue weighted by Crippen LogP contribution is 2.43. The summed E-state index contributed by atoms with van der Waals surface area (Å²) in [6, 6.07) is 17.7. The Balaban J connectivity index is 1.48. The lowest BCUT2D eigenvalue weighted by atomic mass is 9.78. The maximum Gasteiger partial charge on any atom is 0.235 e. The maximum absolute atomic E-state index is 13.6. The summed E-state index contributed by atoms with van der Waals surface area (Å²) in [5, 5.41) is 4.83. The van der Waals surface area contributed by atoms with Crippen LogP contribution >= 0.6 is 22.9 Å². The van der Waals surface area contributed by atoms with Crippen molar-refractivity contribution in [2.24, 2.45) is 0 Å². The van der Waals surface area contributed by atoms with Crippen LogP contribution in [-0.2, 0) is 10.2 Å². The average molecular weight is 448 g/mol. The van der Waals surface area contributed by atoms with Gasteiger partial charge in [-0.1, -0.05) is 60.0 Å². The van der Waals surface area contributed by atoms with Crippen LogP contribution < -0.4 is 5.32 Å². The molecular formula is C25H22ClN3OS. The molecule has 1 fully saturated rings. The minimum Gasteiger partial charge on any atom is -0.325 e. The molecule has 0 radical (unpaired) electrons. The van der Waals surface area contributed by atoms with Crippen molar-refractivity contribution in [1.29, 1.82) is 0 Å². The summed E-state index contributed by atoms with van der Waals surface area (Å²) in [6.45, 7) is 2.02. The molecule has 0 bridgehead atoms. The van der Waals surface area contributed by atoms with Gasteiger partial charge in [-0.2, -0.15) is 0 Å². The van der Waals surface area contributed by atoms with Crippen molar-refractivity contribution in [1.82, 2.24) is 9.97 Å². The van der Waals surface area contributed by atoms with Crippen molar-refractivity contribution in [2.75, 3.05) is 5.32 Å². The Morgan fingerprint density at radius 2 is 1.87 bits per heavy atom. The predicted molar refractivity (Wildman–Crippen MR) is 128 cm³/mol. The number of amides is 1. The molecule has 1 amide bonds. The van der Waals surface area contributed by atoms with Crippen molar-refractivity contribution in [3.8, 4) is 10.6 Å². The zero-order chi connectivity index (χ0) is 21.4. The number of nitrogens with zero attached hydrogens (tertiary/aromatic N) is 2. The van der Waals surface area contributed by atoms with Crippen LogP contribution in [0.1, 0.15) is 36.8 Å². The Kier molecular flexibility index (Phi) is 5.24. The second-order valence-corrected chi connectivity index (χ2v) is 9.54. The third-order valence-electron chi connectivity index (χ3n) is 6.19. The van der Waals surface area contributed by atoms with E-state index in [9.17, 15) is 4.79 Å². The highest BCUT2D eigenvalue weighted by molar-refractivity contribution is 7.21. The number of benzene rings is 2. The average Bonchev–Trinajstić information content (AvgIpc) is 3.44. The number of hydrogen-bond acceptors (Lipinski definition) is 4. The molecule has 0 unspecified atom stereocenters. The van der Waals surface area contributed by atoms with E-state index in [2.05, 4.69) is 10.3 Å². The first-order valence-electron chi connectivity index (χ1n) is 10.5. The molecule has 4 nitrogen and oxygen atoms in total. The van der Waals surface area contributed by atoms with Crippen LogP contribution in [0.2, 0.25) is 5.02 Å². The second kappa shape index (κ2) is 8.06. The first kappa shape index (κ1) is 20.2. The lowest BCUT2D eigenvalue weighted by Crippen LogP contribution is -2.38. The van der Waals surface area contributed by atoms with Crippen LogP contribution in [-0.4, -0.2) is 15.9 Å². The number of carbonyl (C=O) groups excluding carboxylic acids is 1. The molecule has 156 valence electrons. The number of fused-ring (bicyclic) bond motifs is 1. The number of aryl methyl sites for hydroxylation is 1. The van der Waals surface area contributed by atoms with Gasteiger partial charge in [0.25, 0.3) is 0 Å². The molecule has 2 aromatic carbocycles. The third-order valence-corrected chi connectivity index (χ3v) is 7.47. The maximum atomic E-state index is 13.6. The predicted octanol–water partition coefficient (Wildman–Crippen LogP) is 6.77. The van der Waals surface area contributed by atoms with Gasteiger partial charge in [0.05, 0.1) is 5.41 Å². The Morgan fingerprint density at radius 3 is 2.61 bits per heavy atom. The highest BCUT2D eigenvalue weighted by Gasteiger charge is 2.42. The Morgan fingerprint density at radius 1 is 1.10 bits per heavy atom. The number of hydrogen-bond donors (Lipinski definition) is 1. The lowest BCUT2D eigenvalue weighted by molar-refractivity contribution is -0.121. The highest BCUT2D eigenvalue weighted by atomic mass is 35.5. The van der Waals surface area contributed by atoms with Crippen molar-refractivity contribution >= 4 is 44.9 Å². The van der Waals surface area contributed by atoms with E-state index in [1.165, 1.54) is 0 Å². The molecule has 0 aliphatic heterocycles. The monoisotopic (exact) mass is 447 g/mol. The number of nitrogens with one attached hydrogen (secondary N) is 1. The van der Waals surface area contributed by atoms with Gasteiger partial charge < -0.3 is 5.32 Å². The van der Waals surface area contributed by atoms with Gasteiger partial charge in [-0.3, -0.25) is 4.79 Å². The van der Waals surface area contributed by atoms with Gasteiger partial charge in [0.1, 0.15) is 15.4 Å². The molecule has 2 aromatic heterocycles. The normalized spacial score (nSPS) is 15.3. The van der Waals surface area contributed by atoms with E-state index in [4.69, 9.17) is 16.6 Å². The number of rotatable bonds is 4. The van der Waals surface area contributed by atoms with Crippen LogP contribution in [0.3, 0.4) is 0 Å². The van der Waals surface area contributed by atoms with Crippen LogP contribution in [0.4, 0.5) is 5.69 Å². The molecule has 1 saturated carbocycles. The number of thiazole rings is 1. The third kappa shape index (κ3) is 3.73. The van der Waals surface area contributed by atoms with E-state index in [-0.39, 0.29) is 5.91 Å². The number of carbonyl (C=O) groups is 1. The fourth-order valence-corrected chi connectivity index (χ4v) is 5.45. The number of aromatic nitrogens is 2.